The van der Waals surface area contributed by atoms with Crippen LogP contribution in [-0.2, 0) is 4.74 Å². The number of rotatable bonds is 0. The summed E-state index contributed by atoms with van der Waals surface area (Å²) in [6.07, 6.45) is 3.08. The molecule has 0 aromatic carbocycles. The molecule has 1 unspecified atom stereocenters. The van der Waals surface area contributed by atoms with Crippen LogP contribution in [0, 0.1) is 0 Å². The minimum atomic E-state index is 0. The average molecular weight is 167 g/mol. The molecule has 1 saturated heterocycles. The van der Waals surface area contributed by atoms with Crippen LogP contribution in [0.4, 0.5) is 0 Å². The zero-order chi connectivity index (χ0) is 4.41. The standard InChI is InChI=1S/C5H10O.BrH/c1-5-3-2-4-6-5;/h5H,2-4H2,1H3;1H. The van der Waals surface area contributed by atoms with Crippen molar-refractivity contribution in [1.29, 1.82) is 0 Å². The second-order valence-electron chi connectivity index (χ2n) is 1.82. The molecule has 1 aliphatic rings. The maximum Gasteiger partial charge on any atom is 0.0547 e. The summed E-state index contributed by atoms with van der Waals surface area (Å²) in [7, 11) is 0. The highest BCUT2D eigenvalue weighted by Gasteiger charge is 2.07. The van der Waals surface area contributed by atoms with Gasteiger partial charge in [-0.3, -0.25) is 0 Å². The van der Waals surface area contributed by atoms with Gasteiger partial charge in [-0.25, -0.2) is 0 Å². The van der Waals surface area contributed by atoms with Crippen LogP contribution in [-0.4, -0.2) is 12.7 Å². The summed E-state index contributed by atoms with van der Waals surface area (Å²) in [5, 5.41) is 0. The van der Waals surface area contributed by atoms with Gasteiger partial charge in [0.15, 0.2) is 0 Å². The summed E-state index contributed by atoms with van der Waals surface area (Å²) >= 11 is 0. The zero-order valence-electron chi connectivity index (χ0n) is 4.52. The van der Waals surface area contributed by atoms with Crippen LogP contribution < -0.4 is 0 Å². The van der Waals surface area contributed by atoms with Gasteiger partial charge in [-0.15, -0.1) is 17.0 Å². The largest absolute Gasteiger partial charge is 0.379 e. The highest BCUT2D eigenvalue weighted by molar-refractivity contribution is 8.93. The van der Waals surface area contributed by atoms with Crippen molar-refractivity contribution >= 4 is 17.0 Å². The summed E-state index contributed by atoms with van der Waals surface area (Å²) in [5.74, 6) is 0. The van der Waals surface area contributed by atoms with Crippen molar-refractivity contribution in [1.82, 2.24) is 0 Å². The monoisotopic (exact) mass is 166 g/mol. The normalized spacial score (nSPS) is 29.6. The van der Waals surface area contributed by atoms with Gasteiger partial charge in [-0.05, 0) is 19.8 Å². The Balaban J connectivity index is 0.000000360. The Morgan fingerprint density at radius 2 is 2.29 bits per heavy atom. The second kappa shape index (κ2) is 3.44. The van der Waals surface area contributed by atoms with E-state index in [1.54, 1.807) is 0 Å². The number of halogens is 1. The lowest BCUT2D eigenvalue weighted by molar-refractivity contribution is 0.125. The van der Waals surface area contributed by atoms with Gasteiger partial charge in [0, 0.05) is 6.61 Å². The molecule has 2 heteroatoms. The van der Waals surface area contributed by atoms with Crippen LogP contribution in [0.15, 0.2) is 0 Å². The first-order chi connectivity index (χ1) is 2.89. The Hall–Kier alpha value is 0.440. The fourth-order valence-corrected chi connectivity index (χ4v) is 0.739. The minimum absolute atomic E-state index is 0. The third-order valence-electron chi connectivity index (χ3n) is 1.16. The van der Waals surface area contributed by atoms with Gasteiger partial charge >= 0.3 is 0 Å². The molecule has 44 valence electrons. The van der Waals surface area contributed by atoms with Crippen molar-refractivity contribution in [3.05, 3.63) is 0 Å². The SMILES string of the molecule is Br.CC1CCCO1. The average Bonchev–Trinajstić information content (AvgIpc) is 1.86. The topological polar surface area (TPSA) is 9.23 Å². The van der Waals surface area contributed by atoms with Gasteiger partial charge in [0.25, 0.3) is 0 Å². The molecule has 1 aliphatic heterocycles. The van der Waals surface area contributed by atoms with Crippen molar-refractivity contribution in [3.63, 3.8) is 0 Å². The van der Waals surface area contributed by atoms with Crippen molar-refractivity contribution in [2.75, 3.05) is 6.61 Å². The van der Waals surface area contributed by atoms with Crippen LogP contribution in [0.2, 0.25) is 0 Å². The van der Waals surface area contributed by atoms with Crippen LogP contribution in [0.3, 0.4) is 0 Å². The van der Waals surface area contributed by atoms with Gasteiger partial charge in [-0.2, -0.15) is 0 Å². The van der Waals surface area contributed by atoms with Crippen molar-refractivity contribution in [2.24, 2.45) is 0 Å². The highest BCUT2D eigenvalue weighted by atomic mass is 79.9. The maximum atomic E-state index is 5.15. The molecular formula is C5H11BrO. The number of hydrogen-bond acceptors (Lipinski definition) is 1. The fraction of sp³-hybridized carbons (Fsp3) is 1.00. The molecule has 0 aromatic rings. The Morgan fingerprint density at radius 1 is 1.57 bits per heavy atom. The molecule has 0 aliphatic carbocycles. The molecule has 0 radical (unpaired) electrons. The summed E-state index contributed by atoms with van der Waals surface area (Å²) in [6.45, 7) is 3.11. The molecule has 1 heterocycles. The molecule has 0 aromatic heterocycles. The first kappa shape index (κ1) is 7.44. The van der Waals surface area contributed by atoms with Gasteiger partial charge in [0.2, 0.25) is 0 Å². The maximum absolute atomic E-state index is 5.15. The van der Waals surface area contributed by atoms with Crippen molar-refractivity contribution in [2.45, 2.75) is 25.9 Å². The lowest BCUT2D eigenvalue weighted by atomic mass is 10.3. The summed E-state index contributed by atoms with van der Waals surface area (Å²) in [5.41, 5.74) is 0. The molecule has 7 heavy (non-hydrogen) atoms. The van der Waals surface area contributed by atoms with Gasteiger partial charge in [-0.1, -0.05) is 0 Å². The third-order valence-corrected chi connectivity index (χ3v) is 1.16. The molecule has 0 N–H and O–H groups in total. The first-order valence-electron chi connectivity index (χ1n) is 2.51. The predicted molar refractivity (Wildman–Crippen MR) is 35.0 cm³/mol. The molecular weight excluding hydrogens is 156 g/mol. The Labute approximate surface area is 54.8 Å². The van der Waals surface area contributed by atoms with Crippen molar-refractivity contribution in [3.8, 4) is 0 Å². The Morgan fingerprint density at radius 3 is 2.43 bits per heavy atom. The van der Waals surface area contributed by atoms with E-state index in [2.05, 4.69) is 6.92 Å². The van der Waals surface area contributed by atoms with Gasteiger partial charge in [0.05, 0.1) is 6.10 Å². The Bertz CT molecular complexity index is 41.3. The van der Waals surface area contributed by atoms with E-state index in [-0.39, 0.29) is 17.0 Å². The molecule has 1 fully saturated rings. The van der Waals surface area contributed by atoms with E-state index in [0.29, 0.717) is 6.10 Å². The molecule has 0 saturated carbocycles. The summed E-state index contributed by atoms with van der Waals surface area (Å²) in [6, 6.07) is 0. The van der Waals surface area contributed by atoms with E-state index >= 15 is 0 Å². The van der Waals surface area contributed by atoms with E-state index < -0.39 is 0 Å². The highest BCUT2D eigenvalue weighted by Crippen LogP contribution is 2.09. The van der Waals surface area contributed by atoms with Crippen molar-refractivity contribution < 1.29 is 4.74 Å². The predicted octanol–water partition coefficient (Wildman–Crippen LogP) is 1.76. The van der Waals surface area contributed by atoms with Gasteiger partial charge in [0.1, 0.15) is 0 Å². The van der Waals surface area contributed by atoms with Crippen LogP contribution in [0.25, 0.3) is 0 Å². The van der Waals surface area contributed by atoms with Crippen LogP contribution in [0.1, 0.15) is 19.8 Å². The molecule has 0 bridgehead atoms. The van der Waals surface area contributed by atoms with Crippen LogP contribution >= 0.6 is 17.0 Å². The van der Waals surface area contributed by atoms with Crippen LogP contribution in [0.5, 0.6) is 0 Å². The fourth-order valence-electron chi connectivity index (χ4n) is 0.739. The second-order valence-corrected chi connectivity index (χ2v) is 1.82. The number of hydrogen-bond donors (Lipinski definition) is 0. The zero-order valence-corrected chi connectivity index (χ0v) is 6.23. The van der Waals surface area contributed by atoms with E-state index in [1.165, 1.54) is 12.8 Å². The first-order valence-corrected chi connectivity index (χ1v) is 2.51. The van der Waals surface area contributed by atoms with E-state index in [1.807, 2.05) is 0 Å². The summed E-state index contributed by atoms with van der Waals surface area (Å²) < 4.78 is 5.15. The van der Waals surface area contributed by atoms with E-state index in [4.69, 9.17) is 4.74 Å². The molecule has 1 rings (SSSR count). The quantitative estimate of drug-likeness (QED) is 0.534. The smallest absolute Gasteiger partial charge is 0.0547 e. The van der Waals surface area contributed by atoms with E-state index in [9.17, 15) is 0 Å². The Kier molecular flexibility index (Phi) is 3.66. The summed E-state index contributed by atoms with van der Waals surface area (Å²) in [4.78, 5) is 0. The molecule has 0 spiro atoms. The number of ether oxygens (including phenoxy) is 1. The van der Waals surface area contributed by atoms with E-state index in [0.717, 1.165) is 6.61 Å². The lowest BCUT2D eigenvalue weighted by Gasteiger charge is -1.94. The third kappa shape index (κ3) is 2.29. The molecule has 0 amide bonds. The molecule has 1 atom stereocenters. The van der Waals surface area contributed by atoms with Gasteiger partial charge < -0.3 is 4.74 Å². The molecule has 1 nitrogen and oxygen atoms in total. The lowest BCUT2D eigenvalue weighted by Crippen LogP contribution is -1.94. The minimum Gasteiger partial charge on any atom is -0.379 e.